The summed E-state index contributed by atoms with van der Waals surface area (Å²) in [6.45, 7) is 2.77. The molecule has 0 aromatic carbocycles. The third-order valence-electron chi connectivity index (χ3n) is 7.80. The second kappa shape index (κ2) is 5.66. The summed E-state index contributed by atoms with van der Waals surface area (Å²) in [5.74, 6) is 2.58. The highest BCUT2D eigenvalue weighted by molar-refractivity contribution is 5.87. The van der Waals surface area contributed by atoms with Crippen LogP contribution in [0.4, 0.5) is 0 Å². The van der Waals surface area contributed by atoms with Crippen LogP contribution >= 0.6 is 0 Å². The van der Waals surface area contributed by atoms with Crippen molar-refractivity contribution in [3.63, 3.8) is 0 Å². The van der Waals surface area contributed by atoms with E-state index in [1.165, 1.54) is 5.57 Å². The van der Waals surface area contributed by atoms with Crippen LogP contribution in [0, 0.1) is 28.6 Å². The van der Waals surface area contributed by atoms with Gasteiger partial charge in [-0.1, -0.05) is 30.7 Å². The molecule has 24 heavy (non-hydrogen) atoms. The lowest BCUT2D eigenvalue weighted by molar-refractivity contribution is -0.131. The molecule has 3 nitrogen and oxygen atoms in total. The van der Waals surface area contributed by atoms with E-state index in [2.05, 4.69) is 25.2 Å². The van der Waals surface area contributed by atoms with E-state index >= 15 is 0 Å². The Morgan fingerprint density at radius 3 is 2.83 bits per heavy atom. The highest BCUT2D eigenvalue weighted by Crippen LogP contribution is 2.64. The number of fused-ring (bicyclic) bond motifs is 5. The molecule has 0 aromatic heterocycles. The molecule has 0 saturated heterocycles. The van der Waals surface area contributed by atoms with E-state index in [4.69, 9.17) is 5.73 Å². The highest BCUT2D eigenvalue weighted by Gasteiger charge is 2.59. The minimum Gasteiger partial charge on any atom is -0.327 e. The van der Waals surface area contributed by atoms with Crippen molar-refractivity contribution in [2.24, 2.45) is 34.3 Å². The second-order valence-electron chi connectivity index (χ2n) is 8.65. The van der Waals surface area contributed by atoms with Crippen molar-refractivity contribution < 1.29 is 9.59 Å². The molecule has 5 atom stereocenters. The van der Waals surface area contributed by atoms with Crippen molar-refractivity contribution in [3.8, 4) is 0 Å². The van der Waals surface area contributed by atoms with Gasteiger partial charge in [-0.2, -0.15) is 0 Å². The summed E-state index contributed by atoms with van der Waals surface area (Å²) in [5, 5.41) is 0. The zero-order valence-electron chi connectivity index (χ0n) is 14.7. The maximum Gasteiger partial charge on any atom is 0.139 e. The van der Waals surface area contributed by atoms with Gasteiger partial charge in [0.05, 0.1) is 0 Å². The van der Waals surface area contributed by atoms with Crippen LogP contribution in [0.3, 0.4) is 0 Å². The monoisotopic (exact) mass is 327 g/mol. The number of carbonyl (C=O) groups is 2. The molecule has 0 spiro atoms. The van der Waals surface area contributed by atoms with Crippen molar-refractivity contribution in [1.29, 1.82) is 0 Å². The van der Waals surface area contributed by atoms with Gasteiger partial charge in [-0.15, -0.1) is 0 Å². The number of nitrogens with two attached hydrogens (primary N) is 1. The van der Waals surface area contributed by atoms with Gasteiger partial charge in [0.1, 0.15) is 11.6 Å². The minimum atomic E-state index is -0.0875. The SMILES string of the molecule is C[C@]12CC[C@H]3[C@@H](CC=C4CC(=O)CC[C@@]43C=CCN)[C@@H]1CCC2=O. The summed E-state index contributed by atoms with van der Waals surface area (Å²) >= 11 is 0. The van der Waals surface area contributed by atoms with Crippen LogP contribution in [0.25, 0.3) is 0 Å². The summed E-state index contributed by atoms with van der Waals surface area (Å²) in [7, 11) is 0. The van der Waals surface area contributed by atoms with Crippen molar-refractivity contribution in [2.75, 3.05) is 6.54 Å². The molecule has 0 heterocycles. The third-order valence-corrected chi connectivity index (χ3v) is 7.80. The molecule has 3 saturated carbocycles. The Labute approximate surface area is 144 Å². The zero-order valence-corrected chi connectivity index (χ0v) is 14.7. The molecular formula is C21H29NO2. The lowest BCUT2D eigenvalue weighted by Crippen LogP contribution is -2.50. The Kier molecular flexibility index (Phi) is 3.83. The number of carbonyl (C=O) groups excluding carboxylic acids is 2. The molecule has 2 N–H and O–H groups in total. The Bertz CT molecular complexity index is 634. The maximum atomic E-state index is 12.5. The Balaban J connectivity index is 1.75. The molecule has 4 aliphatic carbocycles. The zero-order chi connectivity index (χ0) is 16.9. The van der Waals surface area contributed by atoms with Gasteiger partial charge in [-0.3, -0.25) is 9.59 Å². The summed E-state index contributed by atoms with van der Waals surface area (Å²) in [4.78, 5) is 24.5. The normalized spacial score (nSPS) is 44.9. The summed E-state index contributed by atoms with van der Waals surface area (Å²) < 4.78 is 0. The first kappa shape index (κ1) is 16.3. The number of hydrogen-bond donors (Lipinski definition) is 1. The van der Waals surface area contributed by atoms with Gasteiger partial charge >= 0.3 is 0 Å². The standard InChI is InChI=1S/C21H29NO2/c1-20-10-8-18-16(17(20)5-6-19(20)24)4-3-14-13-15(23)7-11-21(14,18)9-2-12-22/h2-3,9,16-18H,4-8,10-13,22H2,1H3/t16-,17-,18-,20-,21-/m0/s1. The fourth-order valence-electron chi connectivity index (χ4n) is 6.56. The summed E-state index contributed by atoms with van der Waals surface area (Å²) in [6, 6.07) is 0. The topological polar surface area (TPSA) is 60.2 Å². The van der Waals surface area contributed by atoms with Gasteiger partial charge in [-0.05, 0) is 49.9 Å². The molecule has 3 fully saturated rings. The van der Waals surface area contributed by atoms with Gasteiger partial charge in [0.2, 0.25) is 0 Å². The van der Waals surface area contributed by atoms with Gasteiger partial charge in [0.25, 0.3) is 0 Å². The van der Waals surface area contributed by atoms with Crippen LogP contribution < -0.4 is 5.73 Å². The molecular weight excluding hydrogens is 298 g/mol. The fourth-order valence-corrected chi connectivity index (χ4v) is 6.56. The predicted molar refractivity (Wildman–Crippen MR) is 94.2 cm³/mol. The van der Waals surface area contributed by atoms with E-state index in [1.807, 2.05) is 0 Å². The van der Waals surface area contributed by atoms with Crippen molar-refractivity contribution >= 4 is 11.6 Å². The van der Waals surface area contributed by atoms with Crippen LogP contribution in [0.2, 0.25) is 0 Å². The number of rotatable bonds is 2. The molecule has 0 unspecified atom stereocenters. The van der Waals surface area contributed by atoms with Crippen LogP contribution in [-0.4, -0.2) is 18.1 Å². The van der Waals surface area contributed by atoms with E-state index in [1.54, 1.807) is 0 Å². The number of Topliss-reactive ketones (excluding diaryl/α,β-unsaturated/α-hetero) is 2. The highest BCUT2D eigenvalue weighted by atomic mass is 16.1. The third kappa shape index (κ3) is 2.13. The predicted octanol–water partition coefficient (Wildman–Crippen LogP) is 3.58. The van der Waals surface area contributed by atoms with E-state index in [-0.39, 0.29) is 10.8 Å². The Morgan fingerprint density at radius 2 is 2.04 bits per heavy atom. The minimum absolute atomic E-state index is 0.0309. The van der Waals surface area contributed by atoms with Crippen molar-refractivity contribution in [3.05, 3.63) is 23.8 Å². The first-order valence-corrected chi connectivity index (χ1v) is 9.63. The summed E-state index contributed by atoms with van der Waals surface area (Å²) in [5.41, 5.74) is 7.05. The first-order chi connectivity index (χ1) is 11.5. The largest absolute Gasteiger partial charge is 0.327 e. The molecule has 4 rings (SSSR count). The average molecular weight is 327 g/mol. The fraction of sp³-hybridized carbons (Fsp3) is 0.714. The molecule has 4 aliphatic rings. The second-order valence-corrected chi connectivity index (χ2v) is 8.65. The van der Waals surface area contributed by atoms with Crippen molar-refractivity contribution in [1.82, 2.24) is 0 Å². The maximum absolute atomic E-state index is 12.5. The molecule has 0 bridgehead atoms. The lowest BCUT2D eigenvalue weighted by atomic mass is 9.47. The Morgan fingerprint density at radius 1 is 1.21 bits per heavy atom. The van der Waals surface area contributed by atoms with E-state index in [0.717, 1.165) is 38.5 Å². The van der Waals surface area contributed by atoms with E-state index in [9.17, 15) is 9.59 Å². The van der Waals surface area contributed by atoms with Crippen LogP contribution in [-0.2, 0) is 9.59 Å². The lowest BCUT2D eigenvalue weighted by Gasteiger charge is -2.56. The quantitative estimate of drug-likeness (QED) is 0.789. The first-order valence-electron chi connectivity index (χ1n) is 9.63. The smallest absolute Gasteiger partial charge is 0.139 e. The van der Waals surface area contributed by atoms with E-state index in [0.29, 0.717) is 48.7 Å². The van der Waals surface area contributed by atoms with Gasteiger partial charge in [0.15, 0.2) is 0 Å². The molecule has 3 heteroatoms. The molecule has 0 aromatic rings. The van der Waals surface area contributed by atoms with Crippen LogP contribution in [0.5, 0.6) is 0 Å². The molecule has 0 radical (unpaired) electrons. The van der Waals surface area contributed by atoms with E-state index < -0.39 is 0 Å². The van der Waals surface area contributed by atoms with Crippen molar-refractivity contribution in [2.45, 2.75) is 58.3 Å². The Hall–Kier alpha value is -1.22. The van der Waals surface area contributed by atoms with Gasteiger partial charge in [-0.25, -0.2) is 0 Å². The average Bonchev–Trinajstić information content (AvgIpc) is 2.88. The summed E-state index contributed by atoms with van der Waals surface area (Å²) in [6.07, 6.45) is 14.1. The molecule has 0 aliphatic heterocycles. The van der Waals surface area contributed by atoms with Gasteiger partial charge < -0.3 is 5.73 Å². The number of ketones is 2. The number of allylic oxidation sites excluding steroid dienone is 3. The molecule has 0 amide bonds. The van der Waals surface area contributed by atoms with Gasteiger partial charge in [0, 0.05) is 36.6 Å². The van der Waals surface area contributed by atoms with Crippen LogP contribution in [0.1, 0.15) is 58.3 Å². The van der Waals surface area contributed by atoms with Crippen LogP contribution in [0.15, 0.2) is 23.8 Å². The number of hydrogen-bond acceptors (Lipinski definition) is 3. The molecule has 130 valence electrons.